The lowest BCUT2D eigenvalue weighted by molar-refractivity contribution is 0.674. The summed E-state index contributed by atoms with van der Waals surface area (Å²) in [6.45, 7) is 7.14. The van der Waals surface area contributed by atoms with Gasteiger partial charge in [-0.3, -0.25) is 4.98 Å². The van der Waals surface area contributed by atoms with Gasteiger partial charge in [0.25, 0.3) is 0 Å². The van der Waals surface area contributed by atoms with Gasteiger partial charge in [0.2, 0.25) is 0 Å². The molecule has 5 aromatic carbocycles. The largest absolute Gasteiger partial charge is 0.455 e. The van der Waals surface area contributed by atoms with Gasteiger partial charge in [-0.2, -0.15) is 0 Å². The Kier molecular flexibility index (Phi) is 4.85. The average molecular weight is 494 g/mol. The third-order valence-corrected chi connectivity index (χ3v) is 9.56. The number of furan rings is 1. The van der Waals surface area contributed by atoms with Crippen LogP contribution in [-0.4, -0.2) is 13.1 Å². The maximum Gasteiger partial charge on any atom is 0.144 e. The molecule has 0 saturated carbocycles. The molecule has 0 aliphatic carbocycles. The Labute approximate surface area is 217 Å². The molecule has 178 valence electrons. The number of fused-ring (bicyclic) bond motifs is 7. The minimum atomic E-state index is -1.33. The van der Waals surface area contributed by atoms with Gasteiger partial charge in [-0.15, -0.1) is 0 Å². The molecule has 2 aromatic heterocycles. The van der Waals surface area contributed by atoms with Gasteiger partial charge < -0.3 is 4.42 Å². The molecule has 0 atom stereocenters. The Morgan fingerprint density at radius 1 is 0.595 bits per heavy atom. The van der Waals surface area contributed by atoms with Crippen molar-refractivity contribution < 1.29 is 4.42 Å². The molecule has 2 heterocycles. The maximum absolute atomic E-state index is 6.72. The fraction of sp³-hybridized carbons (Fsp3) is 0.0882. The highest BCUT2D eigenvalue weighted by molar-refractivity contribution is 6.88. The first kappa shape index (κ1) is 22.0. The highest BCUT2D eigenvalue weighted by Crippen LogP contribution is 2.40. The molecule has 7 rings (SSSR count). The van der Waals surface area contributed by atoms with Crippen LogP contribution in [0.3, 0.4) is 0 Å². The van der Waals surface area contributed by atoms with Gasteiger partial charge in [-0.25, -0.2) is 0 Å². The first-order valence-corrected chi connectivity index (χ1v) is 16.3. The van der Waals surface area contributed by atoms with Gasteiger partial charge in [-0.05, 0) is 51.6 Å². The third kappa shape index (κ3) is 3.58. The number of rotatable bonds is 3. The van der Waals surface area contributed by atoms with E-state index < -0.39 is 8.07 Å². The van der Waals surface area contributed by atoms with E-state index in [1.807, 2.05) is 6.20 Å². The number of nitrogens with zero attached hydrogens (tertiary/aromatic N) is 1. The summed E-state index contributed by atoms with van der Waals surface area (Å²) in [6.07, 6.45) is 1.90. The fourth-order valence-electron chi connectivity index (χ4n) is 5.47. The topological polar surface area (TPSA) is 26.0 Å². The van der Waals surface area contributed by atoms with Crippen molar-refractivity contribution in [1.29, 1.82) is 0 Å². The summed E-state index contributed by atoms with van der Waals surface area (Å²) < 4.78 is 6.72. The molecule has 0 N–H and O–H groups in total. The second-order valence-electron chi connectivity index (χ2n) is 10.9. The van der Waals surface area contributed by atoms with Crippen LogP contribution in [0.25, 0.3) is 65.9 Å². The predicted octanol–water partition coefficient (Wildman–Crippen LogP) is 9.17. The first-order valence-electron chi connectivity index (χ1n) is 12.8. The summed E-state index contributed by atoms with van der Waals surface area (Å²) >= 11 is 0. The Morgan fingerprint density at radius 2 is 1.32 bits per heavy atom. The maximum atomic E-state index is 6.72. The second kappa shape index (κ2) is 8.15. The molecule has 0 unspecified atom stereocenters. The lowest BCUT2D eigenvalue weighted by atomic mass is 9.99. The zero-order valence-corrected chi connectivity index (χ0v) is 22.2. The molecule has 0 aliphatic rings. The molecule has 0 saturated heterocycles. The highest BCUT2D eigenvalue weighted by atomic mass is 28.3. The predicted molar refractivity (Wildman–Crippen MR) is 160 cm³/mol. The van der Waals surface area contributed by atoms with Crippen LogP contribution < -0.4 is 5.19 Å². The lowest BCUT2D eigenvalue weighted by Crippen LogP contribution is -2.37. The van der Waals surface area contributed by atoms with Crippen molar-refractivity contribution >= 4 is 56.7 Å². The molecule has 0 spiro atoms. The standard InChI is InChI=1S/C34H27NOSi/c1-37(2,3)26-16-13-22(14-17-26)25-19-20-35-31(21-25)30-10-6-9-28-29-18-15-24-12-11-23-7-4-5-8-27(23)32(24)34(29)36-33(28)30/h4-21H,1-3H3. The SMILES string of the molecule is C[Si](C)(C)c1ccc(-c2ccnc(-c3cccc4c3oc3c4ccc4ccc5ccccc5c43)c2)cc1. The van der Waals surface area contributed by atoms with Crippen LogP contribution in [0.1, 0.15) is 0 Å². The van der Waals surface area contributed by atoms with Crippen molar-refractivity contribution in [2.75, 3.05) is 0 Å². The van der Waals surface area contributed by atoms with E-state index in [2.05, 4.69) is 123 Å². The number of pyridine rings is 1. The molecule has 0 radical (unpaired) electrons. The van der Waals surface area contributed by atoms with Crippen LogP contribution in [-0.2, 0) is 0 Å². The molecule has 0 aliphatic heterocycles. The molecule has 37 heavy (non-hydrogen) atoms. The Balaban J connectivity index is 1.42. The molecule has 2 nitrogen and oxygen atoms in total. The van der Waals surface area contributed by atoms with E-state index >= 15 is 0 Å². The molecular formula is C34H27NOSi. The molecule has 0 amide bonds. The number of benzene rings is 5. The Bertz CT molecular complexity index is 1960. The van der Waals surface area contributed by atoms with Gasteiger partial charge in [0.05, 0.1) is 13.8 Å². The van der Waals surface area contributed by atoms with Crippen molar-refractivity contribution in [2.45, 2.75) is 19.6 Å². The summed E-state index contributed by atoms with van der Waals surface area (Å²) in [5, 5.41) is 8.52. The van der Waals surface area contributed by atoms with Crippen molar-refractivity contribution in [3.8, 4) is 22.4 Å². The fourth-order valence-corrected chi connectivity index (χ4v) is 6.63. The van der Waals surface area contributed by atoms with Gasteiger partial charge in [0, 0.05) is 27.9 Å². The van der Waals surface area contributed by atoms with Crippen LogP contribution >= 0.6 is 0 Å². The minimum Gasteiger partial charge on any atom is -0.455 e. The highest BCUT2D eigenvalue weighted by Gasteiger charge is 2.18. The van der Waals surface area contributed by atoms with Gasteiger partial charge in [0.15, 0.2) is 0 Å². The lowest BCUT2D eigenvalue weighted by Gasteiger charge is -2.16. The zero-order valence-electron chi connectivity index (χ0n) is 21.2. The summed E-state index contributed by atoms with van der Waals surface area (Å²) in [5.74, 6) is 0. The van der Waals surface area contributed by atoms with Crippen molar-refractivity contribution in [2.24, 2.45) is 0 Å². The van der Waals surface area contributed by atoms with Crippen molar-refractivity contribution in [3.63, 3.8) is 0 Å². The number of para-hydroxylation sites is 1. The van der Waals surface area contributed by atoms with E-state index in [4.69, 9.17) is 9.40 Å². The van der Waals surface area contributed by atoms with Gasteiger partial charge in [0.1, 0.15) is 11.2 Å². The van der Waals surface area contributed by atoms with Gasteiger partial charge in [-0.1, -0.05) is 104 Å². The number of hydrogen-bond donors (Lipinski definition) is 0. The van der Waals surface area contributed by atoms with E-state index in [0.29, 0.717) is 0 Å². The molecule has 0 bridgehead atoms. The second-order valence-corrected chi connectivity index (χ2v) is 15.9. The van der Waals surface area contributed by atoms with E-state index in [1.165, 1.54) is 32.3 Å². The van der Waals surface area contributed by atoms with E-state index in [9.17, 15) is 0 Å². The van der Waals surface area contributed by atoms with Crippen molar-refractivity contribution in [1.82, 2.24) is 4.98 Å². The first-order chi connectivity index (χ1) is 18.0. The average Bonchev–Trinajstić information content (AvgIpc) is 3.31. The number of hydrogen-bond acceptors (Lipinski definition) is 2. The number of aromatic nitrogens is 1. The van der Waals surface area contributed by atoms with Crippen LogP contribution in [0.4, 0.5) is 0 Å². The minimum absolute atomic E-state index is 0.886. The molecular weight excluding hydrogens is 466 g/mol. The summed E-state index contributed by atoms with van der Waals surface area (Å²) in [7, 11) is -1.33. The van der Waals surface area contributed by atoms with Crippen LogP contribution in [0.5, 0.6) is 0 Å². The molecule has 3 heteroatoms. The van der Waals surface area contributed by atoms with Crippen LogP contribution in [0, 0.1) is 0 Å². The summed E-state index contributed by atoms with van der Waals surface area (Å²) in [6, 6.07) is 37.0. The monoisotopic (exact) mass is 493 g/mol. The normalized spacial score (nSPS) is 12.2. The summed E-state index contributed by atoms with van der Waals surface area (Å²) in [5.41, 5.74) is 6.14. The van der Waals surface area contributed by atoms with Crippen molar-refractivity contribution in [3.05, 3.63) is 109 Å². The third-order valence-electron chi connectivity index (χ3n) is 7.49. The Hall–Kier alpha value is -4.21. The quantitative estimate of drug-likeness (QED) is 0.181. The van der Waals surface area contributed by atoms with Crippen LogP contribution in [0.2, 0.25) is 19.6 Å². The Morgan fingerprint density at radius 3 is 2.16 bits per heavy atom. The van der Waals surface area contributed by atoms with E-state index in [1.54, 1.807) is 0 Å². The van der Waals surface area contributed by atoms with E-state index in [0.717, 1.165) is 38.8 Å². The van der Waals surface area contributed by atoms with Gasteiger partial charge >= 0.3 is 0 Å². The van der Waals surface area contributed by atoms with Crippen LogP contribution in [0.15, 0.2) is 114 Å². The smallest absolute Gasteiger partial charge is 0.144 e. The summed E-state index contributed by atoms with van der Waals surface area (Å²) in [4.78, 5) is 4.77. The molecule has 0 fully saturated rings. The van der Waals surface area contributed by atoms with E-state index in [-0.39, 0.29) is 0 Å². The molecule has 7 aromatic rings. The zero-order chi connectivity index (χ0) is 25.1.